The van der Waals surface area contributed by atoms with Gasteiger partial charge in [-0.25, -0.2) is 4.79 Å². The first-order valence-corrected chi connectivity index (χ1v) is 22.2. The third kappa shape index (κ3) is 22.0. The number of hydrogen-bond donors (Lipinski definition) is 0. The standard InChI is InChI=1S/C47H82N2O/c1-3-5-7-9-11-13-15-17-19-21-23-25-27-29-31-33-35-39-43-48-45-41-37-38-42-46(45)49(47(48)50)44-40-36-34-32-30-28-26-24-22-20-18-16-14-12-10-8-6-4-2/h3-4,37-38,41-42H,1-2,5-36,39-40,43-44H2. The van der Waals surface area contributed by atoms with Gasteiger partial charge in [0.2, 0.25) is 0 Å². The Bertz CT molecular complexity index is 1030. The highest BCUT2D eigenvalue weighted by Gasteiger charge is 2.12. The van der Waals surface area contributed by atoms with E-state index in [0.717, 1.165) is 37.0 Å². The van der Waals surface area contributed by atoms with Crippen LogP contribution in [0.3, 0.4) is 0 Å². The largest absolute Gasteiger partial charge is 0.329 e. The van der Waals surface area contributed by atoms with E-state index >= 15 is 0 Å². The van der Waals surface area contributed by atoms with Crippen LogP contribution in [0.4, 0.5) is 0 Å². The van der Waals surface area contributed by atoms with E-state index in [1.165, 1.54) is 205 Å². The molecule has 0 amide bonds. The Labute approximate surface area is 310 Å². The Hall–Kier alpha value is -2.03. The molecule has 50 heavy (non-hydrogen) atoms. The number of para-hydroxylation sites is 2. The average Bonchev–Trinajstić information content (AvgIpc) is 3.40. The van der Waals surface area contributed by atoms with E-state index in [1.807, 2.05) is 12.2 Å². The zero-order valence-electron chi connectivity index (χ0n) is 33.1. The molecule has 0 bridgehead atoms. The maximum Gasteiger partial charge on any atom is 0.329 e. The van der Waals surface area contributed by atoms with Crippen LogP contribution in [0.1, 0.15) is 218 Å². The minimum atomic E-state index is 0.207. The third-order valence-electron chi connectivity index (χ3n) is 11.0. The molecule has 0 aliphatic carbocycles. The van der Waals surface area contributed by atoms with Gasteiger partial charge in [-0.15, -0.1) is 13.2 Å². The van der Waals surface area contributed by atoms with E-state index in [0.29, 0.717) is 0 Å². The fourth-order valence-corrected chi connectivity index (χ4v) is 7.77. The van der Waals surface area contributed by atoms with Crippen molar-refractivity contribution >= 4 is 11.0 Å². The molecule has 0 radical (unpaired) electrons. The molecular weight excluding hydrogens is 609 g/mol. The molecule has 0 aliphatic rings. The van der Waals surface area contributed by atoms with Crippen LogP contribution < -0.4 is 5.69 Å². The van der Waals surface area contributed by atoms with Gasteiger partial charge in [-0.05, 0) is 50.7 Å². The zero-order valence-corrected chi connectivity index (χ0v) is 33.1. The van der Waals surface area contributed by atoms with Crippen molar-refractivity contribution in [3.8, 4) is 0 Å². The minimum absolute atomic E-state index is 0.207. The highest BCUT2D eigenvalue weighted by Crippen LogP contribution is 2.18. The van der Waals surface area contributed by atoms with Gasteiger partial charge in [-0.1, -0.05) is 204 Å². The van der Waals surface area contributed by atoms with E-state index < -0.39 is 0 Å². The van der Waals surface area contributed by atoms with E-state index in [9.17, 15) is 4.79 Å². The Balaban J connectivity index is 1.45. The predicted octanol–water partition coefficient (Wildman–Crippen LogP) is 15.4. The molecule has 3 nitrogen and oxygen atoms in total. The summed E-state index contributed by atoms with van der Waals surface area (Å²) >= 11 is 0. The molecule has 0 spiro atoms. The number of aromatic nitrogens is 2. The molecule has 0 atom stereocenters. The summed E-state index contributed by atoms with van der Waals surface area (Å²) in [5.74, 6) is 0. The second-order valence-electron chi connectivity index (χ2n) is 15.5. The van der Waals surface area contributed by atoms with Crippen molar-refractivity contribution in [3.05, 3.63) is 60.1 Å². The second-order valence-corrected chi connectivity index (χ2v) is 15.5. The van der Waals surface area contributed by atoms with Crippen LogP contribution >= 0.6 is 0 Å². The van der Waals surface area contributed by atoms with Crippen molar-refractivity contribution in [2.24, 2.45) is 0 Å². The van der Waals surface area contributed by atoms with Crippen LogP contribution in [-0.4, -0.2) is 9.13 Å². The number of benzene rings is 1. The van der Waals surface area contributed by atoms with Gasteiger partial charge in [0.05, 0.1) is 11.0 Å². The normalized spacial score (nSPS) is 11.5. The number of allylic oxidation sites excluding steroid dienone is 2. The summed E-state index contributed by atoms with van der Waals surface area (Å²) in [7, 11) is 0. The first kappa shape index (κ1) is 44.1. The summed E-state index contributed by atoms with van der Waals surface area (Å²) in [5.41, 5.74) is 2.46. The summed E-state index contributed by atoms with van der Waals surface area (Å²) in [6, 6.07) is 8.46. The van der Waals surface area contributed by atoms with Gasteiger partial charge in [-0.2, -0.15) is 0 Å². The number of nitrogens with zero attached hydrogens (tertiary/aromatic N) is 2. The molecule has 1 aromatic carbocycles. The monoisotopic (exact) mass is 691 g/mol. The minimum Gasteiger partial charge on any atom is -0.292 e. The molecule has 3 heteroatoms. The van der Waals surface area contributed by atoms with Crippen LogP contribution in [0.25, 0.3) is 11.0 Å². The number of rotatable bonds is 38. The molecule has 2 aromatic rings. The van der Waals surface area contributed by atoms with E-state index in [1.54, 1.807) is 0 Å². The topological polar surface area (TPSA) is 26.9 Å². The van der Waals surface area contributed by atoms with Crippen molar-refractivity contribution < 1.29 is 0 Å². The van der Waals surface area contributed by atoms with E-state index in [4.69, 9.17) is 0 Å². The second kappa shape index (κ2) is 32.8. The van der Waals surface area contributed by atoms with Crippen molar-refractivity contribution in [1.82, 2.24) is 9.13 Å². The molecule has 0 aliphatic heterocycles. The lowest BCUT2D eigenvalue weighted by Gasteiger charge is -2.05. The van der Waals surface area contributed by atoms with Crippen LogP contribution in [0.5, 0.6) is 0 Å². The summed E-state index contributed by atoms with van der Waals surface area (Å²) in [6.07, 6.45) is 50.2. The first-order valence-electron chi connectivity index (χ1n) is 22.2. The molecular formula is C47H82N2O. The summed E-state index contributed by atoms with van der Waals surface area (Å²) < 4.78 is 4.12. The lowest BCUT2D eigenvalue weighted by atomic mass is 10.0. The van der Waals surface area contributed by atoms with Gasteiger partial charge in [0.1, 0.15) is 0 Å². The first-order chi connectivity index (χ1) is 24.8. The van der Waals surface area contributed by atoms with E-state index in [2.05, 4.69) is 46.6 Å². The van der Waals surface area contributed by atoms with E-state index in [-0.39, 0.29) is 5.69 Å². The smallest absolute Gasteiger partial charge is 0.292 e. The molecule has 1 heterocycles. The van der Waals surface area contributed by atoms with Gasteiger partial charge < -0.3 is 0 Å². The molecule has 286 valence electrons. The molecule has 0 fully saturated rings. The fourth-order valence-electron chi connectivity index (χ4n) is 7.77. The molecule has 2 rings (SSSR count). The summed E-state index contributed by atoms with van der Waals surface area (Å²) in [6.45, 7) is 9.34. The molecule has 1 aromatic heterocycles. The number of imidazole rings is 1. The van der Waals surface area contributed by atoms with Gasteiger partial charge >= 0.3 is 5.69 Å². The molecule has 0 saturated carbocycles. The van der Waals surface area contributed by atoms with Crippen LogP contribution in [-0.2, 0) is 13.1 Å². The number of aryl methyl sites for hydroxylation is 2. The van der Waals surface area contributed by atoms with Gasteiger partial charge in [0.15, 0.2) is 0 Å². The molecule has 0 saturated heterocycles. The highest BCUT2D eigenvalue weighted by molar-refractivity contribution is 5.75. The highest BCUT2D eigenvalue weighted by atomic mass is 16.1. The third-order valence-corrected chi connectivity index (χ3v) is 11.0. The lowest BCUT2D eigenvalue weighted by Crippen LogP contribution is -2.24. The van der Waals surface area contributed by atoms with Crippen molar-refractivity contribution in [1.29, 1.82) is 0 Å². The van der Waals surface area contributed by atoms with Crippen molar-refractivity contribution in [2.75, 3.05) is 0 Å². The van der Waals surface area contributed by atoms with Gasteiger partial charge in [0.25, 0.3) is 0 Å². The molecule has 0 N–H and O–H groups in total. The summed E-state index contributed by atoms with van der Waals surface area (Å²) in [4.78, 5) is 13.4. The average molecular weight is 691 g/mol. The van der Waals surface area contributed by atoms with Crippen LogP contribution in [0.15, 0.2) is 54.4 Å². The number of hydrogen-bond acceptors (Lipinski definition) is 1. The molecule has 0 unspecified atom stereocenters. The van der Waals surface area contributed by atoms with Crippen LogP contribution in [0, 0.1) is 0 Å². The maximum absolute atomic E-state index is 13.4. The van der Waals surface area contributed by atoms with Crippen LogP contribution in [0.2, 0.25) is 0 Å². The Morgan fingerprint density at radius 3 is 0.820 bits per heavy atom. The summed E-state index contributed by atoms with van der Waals surface area (Å²) in [5, 5.41) is 0. The Morgan fingerprint density at radius 1 is 0.360 bits per heavy atom. The van der Waals surface area contributed by atoms with Crippen molar-refractivity contribution in [3.63, 3.8) is 0 Å². The lowest BCUT2D eigenvalue weighted by molar-refractivity contribution is 0.509. The quantitative estimate of drug-likeness (QED) is 0.0509. The Kier molecular flexibility index (Phi) is 29.0. The van der Waals surface area contributed by atoms with Gasteiger partial charge in [-0.3, -0.25) is 9.13 Å². The SMILES string of the molecule is C=CCCCCCCCCCCCCCCCCCCn1c(=O)n(CCCCCCCCCCCCCCCCCCC=C)c2ccccc21. The predicted molar refractivity (Wildman–Crippen MR) is 224 cm³/mol. The number of unbranched alkanes of at least 4 members (excludes halogenated alkanes) is 32. The van der Waals surface area contributed by atoms with Gasteiger partial charge in [0, 0.05) is 13.1 Å². The van der Waals surface area contributed by atoms with Crippen molar-refractivity contribution in [2.45, 2.75) is 231 Å². The Morgan fingerprint density at radius 2 is 0.580 bits per heavy atom. The maximum atomic E-state index is 13.4. The fraction of sp³-hybridized carbons (Fsp3) is 0.766. The number of fused-ring (bicyclic) bond motifs is 1. The zero-order chi connectivity index (χ0) is 35.6.